The van der Waals surface area contributed by atoms with Crippen LogP contribution in [0.15, 0.2) is 16.7 Å². The molecule has 0 saturated heterocycles. The van der Waals surface area contributed by atoms with Crippen LogP contribution in [-0.4, -0.2) is 35.4 Å². The number of rotatable bonds is 6. The quantitative estimate of drug-likeness (QED) is 0.732. The Balaban J connectivity index is 2.54. The molecule has 4 heteroatoms. The predicted molar refractivity (Wildman–Crippen MR) is 72.6 cm³/mol. The van der Waals surface area contributed by atoms with E-state index in [1.807, 2.05) is 25.7 Å². The molecule has 1 aromatic rings. The largest absolute Gasteiger partial charge is 0.469 e. The fourth-order valence-electron chi connectivity index (χ4n) is 1.59. The monoisotopic (exact) mass is 255 g/mol. The Bertz CT molecular complexity index is 362. The third-order valence-corrected chi connectivity index (χ3v) is 3.89. The topological polar surface area (TPSA) is 33.5 Å². The molecule has 0 saturated carbocycles. The fourth-order valence-corrected chi connectivity index (χ4v) is 2.39. The van der Waals surface area contributed by atoms with Gasteiger partial charge in [0.05, 0.1) is 11.8 Å². The van der Waals surface area contributed by atoms with Gasteiger partial charge < -0.3 is 9.32 Å². The summed E-state index contributed by atoms with van der Waals surface area (Å²) in [7, 11) is 1.86. The first kappa shape index (κ1) is 14.2. The summed E-state index contributed by atoms with van der Waals surface area (Å²) in [5.41, 5.74) is 0.669. The lowest BCUT2D eigenvalue weighted by Crippen LogP contribution is -2.35. The van der Waals surface area contributed by atoms with Crippen molar-refractivity contribution in [3.63, 3.8) is 0 Å². The van der Waals surface area contributed by atoms with Crippen molar-refractivity contribution < 1.29 is 9.21 Å². The first-order chi connectivity index (χ1) is 8.07. The van der Waals surface area contributed by atoms with Crippen LogP contribution in [-0.2, 0) is 0 Å². The van der Waals surface area contributed by atoms with E-state index in [9.17, 15) is 4.79 Å². The van der Waals surface area contributed by atoms with Crippen LogP contribution in [0.4, 0.5) is 0 Å². The average molecular weight is 255 g/mol. The highest BCUT2D eigenvalue weighted by atomic mass is 32.2. The molecule has 1 amide bonds. The molecule has 17 heavy (non-hydrogen) atoms. The van der Waals surface area contributed by atoms with Crippen LogP contribution < -0.4 is 0 Å². The molecule has 0 aliphatic carbocycles. The van der Waals surface area contributed by atoms with Gasteiger partial charge in [0.1, 0.15) is 5.76 Å². The van der Waals surface area contributed by atoms with E-state index in [2.05, 4.69) is 13.8 Å². The Morgan fingerprint density at radius 3 is 2.82 bits per heavy atom. The number of thioether (sulfide) groups is 1. The molecular weight excluding hydrogens is 234 g/mol. The van der Waals surface area contributed by atoms with Crippen LogP contribution in [0.1, 0.15) is 36.4 Å². The molecule has 0 N–H and O–H groups in total. The van der Waals surface area contributed by atoms with Crippen LogP contribution in [0.3, 0.4) is 0 Å². The van der Waals surface area contributed by atoms with Gasteiger partial charge in [-0.25, -0.2) is 0 Å². The predicted octanol–water partition coefficient (Wildman–Crippen LogP) is 3.19. The summed E-state index contributed by atoms with van der Waals surface area (Å²) in [6.07, 6.45) is 2.59. The summed E-state index contributed by atoms with van der Waals surface area (Å²) in [6, 6.07) is 2.00. The minimum atomic E-state index is 0.0465. The fraction of sp³-hybridized carbons (Fsp3) is 0.615. The number of amides is 1. The molecule has 1 unspecified atom stereocenters. The van der Waals surface area contributed by atoms with Crippen LogP contribution >= 0.6 is 11.8 Å². The molecule has 0 spiro atoms. The maximum Gasteiger partial charge on any atom is 0.257 e. The van der Waals surface area contributed by atoms with Gasteiger partial charge in [-0.15, -0.1) is 0 Å². The molecule has 1 atom stereocenters. The highest BCUT2D eigenvalue weighted by Gasteiger charge is 2.20. The van der Waals surface area contributed by atoms with Gasteiger partial charge in [0, 0.05) is 13.1 Å². The lowest BCUT2D eigenvalue weighted by Gasteiger charge is -2.24. The molecule has 1 rings (SSSR count). The zero-order chi connectivity index (χ0) is 12.8. The number of hydrogen-bond donors (Lipinski definition) is 0. The second-order valence-corrected chi connectivity index (χ2v) is 5.53. The van der Waals surface area contributed by atoms with Crippen LogP contribution in [0, 0.1) is 6.92 Å². The third kappa shape index (κ3) is 3.80. The third-order valence-electron chi connectivity index (χ3n) is 2.95. The zero-order valence-corrected chi connectivity index (χ0v) is 11.8. The molecule has 96 valence electrons. The Morgan fingerprint density at radius 2 is 2.29 bits per heavy atom. The Labute approximate surface area is 108 Å². The molecule has 0 fully saturated rings. The Morgan fingerprint density at radius 1 is 1.59 bits per heavy atom. The Hall–Kier alpha value is -0.900. The number of hydrogen-bond acceptors (Lipinski definition) is 3. The summed E-state index contributed by atoms with van der Waals surface area (Å²) in [5, 5.41) is 0. The minimum Gasteiger partial charge on any atom is -0.469 e. The van der Waals surface area contributed by atoms with Crippen LogP contribution in [0.25, 0.3) is 0 Å². The van der Waals surface area contributed by atoms with Gasteiger partial charge in [-0.05, 0) is 37.8 Å². The SMILES string of the molecule is CCSCCC(C)N(C)C(=O)c1ccoc1C. The molecule has 3 nitrogen and oxygen atoms in total. The number of furan rings is 1. The van der Waals surface area contributed by atoms with Gasteiger partial charge in [-0.1, -0.05) is 6.92 Å². The minimum absolute atomic E-state index is 0.0465. The summed E-state index contributed by atoms with van der Waals surface area (Å²) in [4.78, 5) is 14.0. The standard InChI is InChI=1S/C13H21NO2S/c1-5-17-9-7-10(2)14(4)13(15)12-6-8-16-11(12)3/h6,8,10H,5,7,9H2,1-4H3. The summed E-state index contributed by atoms with van der Waals surface area (Å²) in [5.74, 6) is 2.97. The number of aryl methyl sites for hydroxylation is 1. The first-order valence-electron chi connectivity index (χ1n) is 5.97. The highest BCUT2D eigenvalue weighted by Crippen LogP contribution is 2.15. The summed E-state index contributed by atoms with van der Waals surface area (Å²) < 4.78 is 5.16. The van der Waals surface area contributed by atoms with E-state index in [4.69, 9.17) is 4.42 Å². The smallest absolute Gasteiger partial charge is 0.257 e. The van der Waals surface area contributed by atoms with Crippen molar-refractivity contribution in [3.8, 4) is 0 Å². The normalized spacial score (nSPS) is 12.5. The second kappa shape index (κ2) is 6.74. The molecule has 1 aromatic heterocycles. The van der Waals surface area contributed by atoms with Crippen LogP contribution in [0.5, 0.6) is 0 Å². The number of nitrogens with zero attached hydrogens (tertiary/aromatic N) is 1. The molecule has 0 aliphatic rings. The van der Waals surface area contributed by atoms with Gasteiger partial charge >= 0.3 is 0 Å². The molecule has 0 aliphatic heterocycles. The van der Waals surface area contributed by atoms with Gasteiger partial charge in [0.25, 0.3) is 5.91 Å². The van der Waals surface area contributed by atoms with Gasteiger partial charge in [-0.2, -0.15) is 11.8 Å². The molecular formula is C13H21NO2S. The van der Waals surface area contributed by atoms with E-state index in [-0.39, 0.29) is 11.9 Å². The van der Waals surface area contributed by atoms with Crippen LogP contribution in [0.2, 0.25) is 0 Å². The molecule has 1 heterocycles. The summed E-state index contributed by atoms with van der Waals surface area (Å²) in [6.45, 7) is 6.06. The van der Waals surface area contributed by atoms with Crippen molar-refractivity contribution in [2.75, 3.05) is 18.6 Å². The van der Waals surface area contributed by atoms with E-state index < -0.39 is 0 Å². The van der Waals surface area contributed by atoms with Crippen molar-refractivity contribution >= 4 is 17.7 Å². The van der Waals surface area contributed by atoms with E-state index in [0.29, 0.717) is 11.3 Å². The maximum absolute atomic E-state index is 12.2. The van der Waals surface area contributed by atoms with Gasteiger partial charge in [0.2, 0.25) is 0 Å². The van der Waals surface area contributed by atoms with E-state index >= 15 is 0 Å². The lowest BCUT2D eigenvalue weighted by atomic mass is 10.2. The van der Waals surface area contributed by atoms with Crippen molar-refractivity contribution in [3.05, 3.63) is 23.7 Å². The number of carbonyl (C=O) groups excluding carboxylic acids is 1. The lowest BCUT2D eigenvalue weighted by molar-refractivity contribution is 0.0739. The highest BCUT2D eigenvalue weighted by molar-refractivity contribution is 7.99. The van der Waals surface area contributed by atoms with Crippen molar-refractivity contribution in [1.82, 2.24) is 4.90 Å². The summed E-state index contributed by atoms with van der Waals surface area (Å²) >= 11 is 1.91. The van der Waals surface area contributed by atoms with Gasteiger partial charge in [0.15, 0.2) is 0 Å². The van der Waals surface area contributed by atoms with E-state index in [0.717, 1.165) is 17.9 Å². The zero-order valence-electron chi connectivity index (χ0n) is 11.0. The second-order valence-electron chi connectivity index (χ2n) is 4.14. The van der Waals surface area contributed by atoms with Crippen molar-refractivity contribution in [2.24, 2.45) is 0 Å². The van der Waals surface area contributed by atoms with Crippen molar-refractivity contribution in [1.29, 1.82) is 0 Å². The molecule has 0 bridgehead atoms. The first-order valence-corrected chi connectivity index (χ1v) is 7.12. The molecule has 0 aromatic carbocycles. The van der Waals surface area contributed by atoms with Crippen molar-refractivity contribution in [2.45, 2.75) is 33.2 Å². The average Bonchev–Trinajstić information content (AvgIpc) is 2.73. The number of carbonyl (C=O) groups is 1. The van der Waals surface area contributed by atoms with E-state index in [1.54, 1.807) is 17.2 Å². The van der Waals surface area contributed by atoms with Gasteiger partial charge in [-0.3, -0.25) is 4.79 Å². The Kier molecular flexibility index (Phi) is 5.62. The maximum atomic E-state index is 12.2. The van der Waals surface area contributed by atoms with E-state index in [1.165, 1.54) is 0 Å². The molecule has 0 radical (unpaired) electrons.